The second-order valence-electron chi connectivity index (χ2n) is 13.4. The summed E-state index contributed by atoms with van der Waals surface area (Å²) in [5.41, 5.74) is 1.29. The van der Waals surface area contributed by atoms with E-state index in [4.69, 9.17) is 9.47 Å². The lowest BCUT2D eigenvalue weighted by Gasteiger charge is -2.39. The van der Waals surface area contributed by atoms with Gasteiger partial charge in [-0.1, -0.05) is 41.5 Å². The molecule has 0 spiro atoms. The summed E-state index contributed by atoms with van der Waals surface area (Å²) in [5, 5.41) is 0. The molecule has 4 heteroatoms. The van der Waals surface area contributed by atoms with Crippen molar-refractivity contribution in [1.82, 2.24) is 0 Å². The number of likely N-dealkylation sites (N-methyl/N-ethyl adjacent to an activating group) is 1. The molecule has 0 aromatic carbocycles. The number of hydrogen-bond acceptors (Lipinski definition) is 3. The average Bonchev–Trinajstić information content (AvgIpc) is 3.11. The van der Waals surface area contributed by atoms with Crippen LogP contribution in [0.1, 0.15) is 80.1 Å². The lowest BCUT2D eigenvalue weighted by molar-refractivity contribution is -0.883. The Hall–Kier alpha value is -0.610. The van der Waals surface area contributed by atoms with Gasteiger partial charge in [0.1, 0.15) is 12.6 Å². The van der Waals surface area contributed by atoms with E-state index >= 15 is 0 Å². The Bertz CT molecular complexity index is 696. The number of carbonyl (C=O) groups is 1. The van der Waals surface area contributed by atoms with Crippen LogP contribution in [0.2, 0.25) is 0 Å². The molecule has 0 aliphatic heterocycles. The third-order valence-corrected chi connectivity index (χ3v) is 11.2. The molecule has 0 amide bonds. The van der Waals surface area contributed by atoms with Gasteiger partial charge in [0.15, 0.2) is 6.54 Å². The van der Waals surface area contributed by atoms with Crippen LogP contribution in [0.3, 0.4) is 0 Å². The number of fused-ring (bicyclic) bond motifs is 4. The number of ether oxygens (including phenoxy) is 2. The summed E-state index contributed by atoms with van der Waals surface area (Å²) in [4.78, 5) is 12.8. The lowest BCUT2D eigenvalue weighted by Crippen LogP contribution is -2.48. The van der Waals surface area contributed by atoms with Gasteiger partial charge in [-0.3, -0.25) is 0 Å². The van der Waals surface area contributed by atoms with Gasteiger partial charge in [-0.15, -0.1) is 0 Å². The third-order valence-electron chi connectivity index (χ3n) is 11.2. The number of rotatable bonds is 7. The molecule has 30 heavy (non-hydrogen) atoms. The molecule has 4 saturated carbocycles. The highest BCUT2D eigenvalue weighted by Gasteiger charge is 2.63. The van der Waals surface area contributed by atoms with E-state index in [9.17, 15) is 4.79 Å². The van der Waals surface area contributed by atoms with Crippen LogP contribution in [-0.2, 0) is 14.3 Å². The summed E-state index contributed by atoms with van der Waals surface area (Å²) < 4.78 is 13.1. The Morgan fingerprint density at radius 3 is 2.20 bits per heavy atom. The first-order chi connectivity index (χ1) is 13.7. The maximum atomic E-state index is 12.8. The normalized spacial score (nSPS) is 43.3. The lowest BCUT2D eigenvalue weighted by atomic mass is 9.70. The summed E-state index contributed by atoms with van der Waals surface area (Å²) >= 11 is 0. The van der Waals surface area contributed by atoms with Gasteiger partial charge >= 0.3 is 5.97 Å². The van der Waals surface area contributed by atoms with Crippen molar-refractivity contribution in [3.05, 3.63) is 0 Å². The van der Waals surface area contributed by atoms with E-state index in [0.717, 1.165) is 25.5 Å². The Balaban J connectivity index is 1.25. The molecule has 4 nitrogen and oxygen atoms in total. The van der Waals surface area contributed by atoms with Gasteiger partial charge in [-0.2, -0.15) is 0 Å². The molecule has 0 N–H and O–H groups in total. The summed E-state index contributed by atoms with van der Waals surface area (Å²) in [6.07, 6.45) is 7.84. The van der Waals surface area contributed by atoms with Crippen molar-refractivity contribution >= 4 is 5.97 Å². The van der Waals surface area contributed by atoms with Crippen LogP contribution in [0.25, 0.3) is 0 Å². The van der Waals surface area contributed by atoms with Crippen LogP contribution in [0, 0.1) is 33.5 Å². The zero-order chi connectivity index (χ0) is 22.2. The van der Waals surface area contributed by atoms with E-state index < -0.39 is 0 Å². The molecule has 4 bridgehead atoms. The highest BCUT2D eigenvalue weighted by molar-refractivity contribution is 5.71. The molecule has 4 fully saturated rings. The van der Waals surface area contributed by atoms with E-state index in [1.807, 2.05) is 0 Å². The van der Waals surface area contributed by atoms with Gasteiger partial charge in [-0.25, -0.2) is 4.79 Å². The van der Waals surface area contributed by atoms with E-state index in [0.29, 0.717) is 39.3 Å². The van der Waals surface area contributed by atoms with Gasteiger partial charge in [-0.05, 0) is 66.1 Å². The molecule has 172 valence electrons. The predicted octanol–water partition coefficient (Wildman–Crippen LogP) is 5.05. The molecular weight excluding hydrogens is 374 g/mol. The third kappa shape index (κ3) is 3.27. The van der Waals surface area contributed by atoms with Crippen molar-refractivity contribution in [3.63, 3.8) is 0 Å². The SMILES string of the molecule is CC1(C)[C@H]2CC[C@@]1(C)C[C@H]2OC(=O)C[N+](C)(C)CCO[C@@H]1C[C@@H]2CC[C@@]1(C)C2(C)C. The van der Waals surface area contributed by atoms with Crippen LogP contribution in [-0.4, -0.2) is 56.5 Å². The number of carbonyl (C=O) groups excluding carboxylic acids is 1. The Morgan fingerprint density at radius 1 is 1.00 bits per heavy atom. The fraction of sp³-hybridized carbons (Fsp3) is 0.962. The van der Waals surface area contributed by atoms with Gasteiger partial charge in [0.25, 0.3) is 0 Å². The predicted molar refractivity (Wildman–Crippen MR) is 120 cm³/mol. The monoisotopic (exact) mass is 420 g/mol. The van der Waals surface area contributed by atoms with Crippen molar-refractivity contribution in [1.29, 1.82) is 0 Å². The van der Waals surface area contributed by atoms with Gasteiger partial charge in [0.2, 0.25) is 0 Å². The standard InChI is InChI=1S/C26H46NO3/c1-23(2)18-9-12-26(23,6)21(15-18)29-14-13-27(7,8)17-22(28)30-20-16-25(5)11-10-19(20)24(25,3)4/h18-21H,9-17H2,1-8H3/q+1/t18-,19-,20+,21+,25-,26+/m0/s1. The highest BCUT2D eigenvalue weighted by atomic mass is 16.5. The zero-order valence-electron chi connectivity index (χ0n) is 20.8. The van der Waals surface area contributed by atoms with Crippen molar-refractivity contribution in [2.24, 2.45) is 33.5 Å². The topological polar surface area (TPSA) is 35.5 Å². The molecular formula is C26H46NO3+. The molecule has 4 aliphatic carbocycles. The van der Waals surface area contributed by atoms with Gasteiger partial charge < -0.3 is 14.0 Å². The maximum Gasteiger partial charge on any atom is 0.362 e. The molecule has 0 unspecified atom stereocenters. The fourth-order valence-electron chi connectivity index (χ4n) is 7.79. The maximum absolute atomic E-state index is 12.8. The van der Waals surface area contributed by atoms with Gasteiger partial charge in [0.05, 0.1) is 26.8 Å². The van der Waals surface area contributed by atoms with Crippen molar-refractivity contribution in [2.45, 2.75) is 92.3 Å². The summed E-state index contributed by atoms with van der Waals surface area (Å²) in [6, 6.07) is 0. The minimum atomic E-state index is -0.0371. The molecule has 0 aromatic heterocycles. The molecule has 0 aromatic rings. The van der Waals surface area contributed by atoms with E-state index in [1.165, 1.54) is 32.1 Å². The molecule has 0 radical (unpaired) electrons. The fourth-order valence-corrected chi connectivity index (χ4v) is 7.79. The summed E-state index contributed by atoms with van der Waals surface area (Å²) in [7, 11) is 4.26. The molecule has 0 saturated heterocycles. The van der Waals surface area contributed by atoms with Crippen LogP contribution in [0.15, 0.2) is 0 Å². The van der Waals surface area contributed by atoms with Crippen molar-refractivity contribution in [3.8, 4) is 0 Å². The smallest absolute Gasteiger partial charge is 0.362 e. The van der Waals surface area contributed by atoms with E-state index in [2.05, 4.69) is 55.6 Å². The molecule has 0 heterocycles. The Labute approximate surface area is 184 Å². The van der Waals surface area contributed by atoms with E-state index in [1.54, 1.807) is 0 Å². The highest BCUT2D eigenvalue weighted by Crippen LogP contribution is 2.67. The first-order valence-corrected chi connectivity index (χ1v) is 12.4. The number of esters is 1. The quantitative estimate of drug-likeness (QED) is 0.427. The van der Waals surface area contributed by atoms with Crippen LogP contribution >= 0.6 is 0 Å². The molecule has 6 atom stereocenters. The molecule has 4 rings (SSSR count). The van der Waals surface area contributed by atoms with Crippen molar-refractivity contribution in [2.75, 3.05) is 33.8 Å². The second kappa shape index (κ2) is 6.94. The van der Waals surface area contributed by atoms with Crippen molar-refractivity contribution < 1.29 is 18.8 Å². The van der Waals surface area contributed by atoms with Crippen LogP contribution in [0.4, 0.5) is 0 Å². The average molecular weight is 421 g/mol. The first-order valence-electron chi connectivity index (χ1n) is 12.4. The van der Waals surface area contributed by atoms with Crippen LogP contribution in [0.5, 0.6) is 0 Å². The Kier molecular flexibility index (Phi) is 5.22. The number of nitrogens with zero attached hydrogens (tertiary/aromatic N) is 1. The van der Waals surface area contributed by atoms with E-state index in [-0.39, 0.29) is 17.5 Å². The summed E-state index contributed by atoms with van der Waals surface area (Å²) in [6.45, 7) is 16.4. The minimum Gasteiger partial charge on any atom is -0.458 e. The second-order valence-corrected chi connectivity index (χ2v) is 13.4. The largest absolute Gasteiger partial charge is 0.458 e. The number of hydrogen-bond donors (Lipinski definition) is 0. The minimum absolute atomic E-state index is 0.0371. The summed E-state index contributed by atoms with van der Waals surface area (Å²) in [5.74, 6) is 1.29. The van der Waals surface area contributed by atoms with Crippen LogP contribution < -0.4 is 0 Å². The first kappa shape index (κ1) is 22.6. The number of quaternary nitrogens is 1. The zero-order valence-corrected chi connectivity index (χ0v) is 20.8. The Morgan fingerprint density at radius 2 is 1.70 bits per heavy atom. The van der Waals surface area contributed by atoms with Gasteiger partial charge in [0, 0.05) is 5.92 Å². The molecule has 4 aliphatic rings.